The van der Waals surface area contributed by atoms with Gasteiger partial charge in [0.15, 0.2) is 0 Å². The molecule has 0 bridgehead atoms. The Labute approximate surface area is 80.8 Å². The molecule has 0 N–H and O–H groups in total. The van der Waals surface area contributed by atoms with E-state index in [1.54, 1.807) is 0 Å². The van der Waals surface area contributed by atoms with Crippen LogP contribution in [0.5, 0.6) is 0 Å². The third-order valence-electron chi connectivity index (χ3n) is 1.85. The fraction of sp³-hybridized carbons (Fsp3) is 0.875. The van der Waals surface area contributed by atoms with Crippen molar-refractivity contribution in [2.24, 2.45) is 0 Å². The van der Waals surface area contributed by atoms with Crippen LogP contribution in [0.25, 0.3) is 0 Å². The first-order chi connectivity index (χ1) is 5.18. The molecule has 2 unspecified atom stereocenters. The minimum atomic E-state index is -0.0175. The normalized spacial score (nSPS) is 26.7. The molecule has 1 aliphatic heterocycles. The predicted molar refractivity (Wildman–Crippen MR) is 51.8 cm³/mol. The van der Waals surface area contributed by atoms with E-state index in [4.69, 9.17) is 4.74 Å². The maximum absolute atomic E-state index is 10.7. The Balaban J connectivity index is 2.13. The Bertz CT molecular complexity index is 145. The van der Waals surface area contributed by atoms with Crippen LogP contribution in [0, 0.1) is 0 Å². The summed E-state index contributed by atoms with van der Waals surface area (Å²) < 4.78 is 5.76. The van der Waals surface area contributed by atoms with Crippen LogP contribution in [0.3, 0.4) is 0 Å². The molecule has 1 aliphatic rings. The van der Waals surface area contributed by atoms with Crippen LogP contribution < -0.4 is 0 Å². The van der Waals surface area contributed by atoms with Crippen molar-refractivity contribution in [2.75, 3.05) is 0 Å². The molecule has 1 saturated heterocycles. The number of rotatable bonds is 3. The van der Waals surface area contributed by atoms with Crippen molar-refractivity contribution in [3.63, 3.8) is 0 Å². The second kappa shape index (κ2) is 4.28. The number of esters is 1. The van der Waals surface area contributed by atoms with Gasteiger partial charge in [-0.05, 0) is 19.3 Å². The zero-order chi connectivity index (χ0) is 8.27. The highest BCUT2D eigenvalue weighted by Crippen LogP contribution is 2.20. The highest BCUT2D eigenvalue weighted by atomic mass is 127. The maximum Gasteiger partial charge on any atom is 0.306 e. The lowest BCUT2D eigenvalue weighted by molar-refractivity contribution is -0.141. The minimum absolute atomic E-state index is 0.0175. The molecular weight excluding hydrogens is 255 g/mol. The molecule has 2 atom stereocenters. The van der Waals surface area contributed by atoms with E-state index >= 15 is 0 Å². The third-order valence-corrected chi connectivity index (χ3v) is 2.48. The van der Waals surface area contributed by atoms with Gasteiger partial charge in [0, 0.05) is 10.3 Å². The Morgan fingerprint density at radius 3 is 3.00 bits per heavy atom. The van der Waals surface area contributed by atoms with Gasteiger partial charge >= 0.3 is 5.97 Å². The molecule has 0 radical (unpaired) electrons. The highest BCUT2D eigenvalue weighted by Gasteiger charge is 2.22. The van der Waals surface area contributed by atoms with Crippen molar-refractivity contribution < 1.29 is 9.53 Å². The van der Waals surface area contributed by atoms with Gasteiger partial charge < -0.3 is 4.74 Å². The molecule has 1 fully saturated rings. The number of halogens is 1. The van der Waals surface area contributed by atoms with Crippen molar-refractivity contribution in [3.8, 4) is 0 Å². The first-order valence-electron chi connectivity index (χ1n) is 4.02. The molecule has 0 amide bonds. The third kappa shape index (κ3) is 3.40. The second-order valence-electron chi connectivity index (χ2n) is 3.01. The fourth-order valence-corrected chi connectivity index (χ4v) is 1.56. The molecule has 0 aliphatic carbocycles. The van der Waals surface area contributed by atoms with Gasteiger partial charge in [-0.2, -0.15) is 0 Å². The number of hydrogen-bond donors (Lipinski definition) is 0. The van der Waals surface area contributed by atoms with Crippen LogP contribution in [0.1, 0.15) is 32.6 Å². The van der Waals surface area contributed by atoms with E-state index in [0.717, 1.165) is 19.3 Å². The van der Waals surface area contributed by atoms with Crippen molar-refractivity contribution in [1.29, 1.82) is 0 Å². The molecule has 2 nitrogen and oxygen atoms in total. The zero-order valence-electron chi connectivity index (χ0n) is 6.68. The van der Waals surface area contributed by atoms with Gasteiger partial charge in [0.2, 0.25) is 0 Å². The van der Waals surface area contributed by atoms with Gasteiger partial charge in [0.05, 0.1) is 0 Å². The number of ether oxygens (including phenoxy) is 1. The molecule has 0 saturated carbocycles. The van der Waals surface area contributed by atoms with Gasteiger partial charge in [0.1, 0.15) is 6.10 Å². The summed E-state index contributed by atoms with van der Waals surface area (Å²) in [6, 6.07) is 0. The quantitative estimate of drug-likeness (QED) is 0.446. The summed E-state index contributed by atoms with van der Waals surface area (Å²) >= 11 is 2.39. The van der Waals surface area contributed by atoms with E-state index in [9.17, 15) is 4.79 Å². The summed E-state index contributed by atoms with van der Waals surface area (Å²) in [5.74, 6) is -0.0175. The van der Waals surface area contributed by atoms with Crippen molar-refractivity contribution in [2.45, 2.75) is 42.6 Å². The second-order valence-corrected chi connectivity index (χ2v) is 5.14. The van der Waals surface area contributed by atoms with E-state index in [2.05, 4.69) is 29.5 Å². The van der Waals surface area contributed by atoms with Crippen molar-refractivity contribution in [3.05, 3.63) is 0 Å². The van der Waals surface area contributed by atoms with Gasteiger partial charge in [-0.15, -0.1) is 0 Å². The summed E-state index contributed by atoms with van der Waals surface area (Å²) in [6.07, 6.45) is 3.97. The van der Waals surface area contributed by atoms with Crippen molar-refractivity contribution >= 4 is 28.6 Å². The largest absolute Gasteiger partial charge is 0.462 e. The maximum atomic E-state index is 10.7. The molecule has 3 heteroatoms. The van der Waals surface area contributed by atoms with Gasteiger partial charge in [-0.25, -0.2) is 0 Å². The van der Waals surface area contributed by atoms with Gasteiger partial charge in [-0.3, -0.25) is 4.79 Å². The van der Waals surface area contributed by atoms with Gasteiger partial charge in [0.25, 0.3) is 0 Å². The lowest BCUT2D eigenvalue weighted by atomic mass is 10.1. The molecule has 0 aromatic heterocycles. The summed E-state index contributed by atoms with van der Waals surface area (Å²) in [6.45, 7) is 2.18. The molecule has 11 heavy (non-hydrogen) atoms. The summed E-state index contributed by atoms with van der Waals surface area (Å²) in [7, 11) is 0. The van der Waals surface area contributed by atoms with E-state index in [1.165, 1.54) is 0 Å². The smallest absolute Gasteiger partial charge is 0.306 e. The molecule has 64 valence electrons. The molecule has 0 aromatic rings. The monoisotopic (exact) mass is 268 g/mol. The van der Waals surface area contributed by atoms with Crippen molar-refractivity contribution in [1.82, 2.24) is 0 Å². The summed E-state index contributed by atoms with van der Waals surface area (Å²) in [4.78, 5) is 10.7. The van der Waals surface area contributed by atoms with E-state index < -0.39 is 0 Å². The Morgan fingerprint density at radius 1 is 1.82 bits per heavy atom. The van der Waals surface area contributed by atoms with Gasteiger partial charge in [-0.1, -0.05) is 29.5 Å². The molecule has 0 spiro atoms. The Hall–Kier alpha value is 0.200. The highest BCUT2D eigenvalue weighted by molar-refractivity contribution is 14.1. The summed E-state index contributed by atoms with van der Waals surface area (Å²) in [5.41, 5.74) is 0. The van der Waals surface area contributed by atoms with Crippen LogP contribution in [-0.2, 0) is 9.53 Å². The van der Waals surface area contributed by atoms with Crippen LogP contribution in [0.2, 0.25) is 0 Å². The standard InChI is InChI=1S/C8H13IO2/c1-6(9)2-3-7-4-5-8(10)11-7/h6-7H,2-5H2,1H3. The van der Waals surface area contributed by atoms with Crippen LogP contribution in [0.4, 0.5) is 0 Å². The first kappa shape index (κ1) is 9.29. The summed E-state index contributed by atoms with van der Waals surface area (Å²) in [5, 5.41) is 0. The topological polar surface area (TPSA) is 26.3 Å². The molecular formula is C8H13IO2. The number of cyclic esters (lactones) is 1. The Morgan fingerprint density at radius 2 is 2.55 bits per heavy atom. The average Bonchev–Trinajstić information content (AvgIpc) is 2.31. The SMILES string of the molecule is CC(I)CCC1CCC(=O)O1. The molecule has 1 heterocycles. The number of hydrogen-bond acceptors (Lipinski definition) is 2. The van der Waals surface area contributed by atoms with E-state index in [-0.39, 0.29) is 12.1 Å². The number of alkyl halides is 1. The van der Waals surface area contributed by atoms with E-state index in [0.29, 0.717) is 10.3 Å². The van der Waals surface area contributed by atoms with E-state index in [1.807, 2.05) is 0 Å². The first-order valence-corrected chi connectivity index (χ1v) is 5.26. The number of carbonyl (C=O) groups is 1. The fourth-order valence-electron chi connectivity index (χ4n) is 1.20. The lowest BCUT2D eigenvalue weighted by Crippen LogP contribution is -2.08. The average molecular weight is 268 g/mol. The zero-order valence-corrected chi connectivity index (χ0v) is 8.84. The Kier molecular flexibility index (Phi) is 3.62. The molecule has 1 rings (SSSR count). The van der Waals surface area contributed by atoms with Crippen LogP contribution in [-0.4, -0.2) is 16.0 Å². The molecule has 0 aromatic carbocycles. The van der Waals surface area contributed by atoms with Crippen LogP contribution in [0.15, 0.2) is 0 Å². The minimum Gasteiger partial charge on any atom is -0.462 e. The number of carbonyl (C=O) groups excluding carboxylic acids is 1. The van der Waals surface area contributed by atoms with Crippen LogP contribution >= 0.6 is 22.6 Å². The predicted octanol–water partition coefficient (Wildman–Crippen LogP) is 2.30. The lowest BCUT2D eigenvalue weighted by Gasteiger charge is -2.09.